The summed E-state index contributed by atoms with van der Waals surface area (Å²) in [7, 11) is 0. The molecule has 0 bridgehead atoms. The van der Waals surface area contributed by atoms with Gasteiger partial charge in [-0.05, 0) is 45.7 Å². The number of piperidine rings is 1. The minimum Gasteiger partial charge on any atom is -0.444 e. The smallest absolute Gasteiger partial charge is 0.410 e. The van der Waals surface area contributed by atoms with Gasteiger partial charge in [-0.25, -0.2) is 4.79 Å². The molecule has 2 aliphatic heterocycles. The van der Waals surface area contributed by atoms with Gasteiger partial charge in [-0.15, -0.1) is 11.8 Å². The molecule has 2 amide bonds. The van der Waals surface area contributed by atoms with Gasteiger partial charge in [0.15, 0.2) is 0 Å². The van der Waals surface area contributed by atoms with Crippen LogP contribution in [0.15, 0.2) is 29.2 Å². The van der Waals surface area contributed by atoms with Crippen LogP contribution in [0.1, 0.15) is 33.6 Å². The van der Waals surface area contributed by atoms with E-state index in [0.29, 0.717) is 18.8 Å². The summed E-state index contributed by atoms with van der Waals surface area (Å²) in [5, 5.41) is 0. The summed E-state index contributed by atoms with van der Waals surface area (Å²) in [4.78, 5) is 29.5. The van der Waals surface area contributed by atoms with Crippen molar-refractivity contribution in [2.75, 3.05) is 23.7 Å². The van der Waals surface area contributed by atoms with Crippen molar-refractivity contribution >= 4 is 29.4 Å². The van der Waals surface area contributed by atoms with Crippen LogP contribution in [-0.2, 0) is 9.53 Å². The number of hydrogen-bond donors (Lipinski definition) is 0. The Kier molecular flexibility index (Phi) is 4.76. The second-order valence-corrected chi connectivity index (χ2v) is 8.24. The number of fused-ring (bicyclic) bond motifs is 1. The van der Waals surface area contributed by atoms with Gasteiger partial charge in [0.1, 0.15) is 5.60 Å². The van der Waals surface area contributed by atoms with Gasteiger partial charge in [-0.2, -0.15) is 0 Å². The molecule has 0 aromatic heterocycles. The fourth-order valence-electron chi connectivity index (χ4n) is 3.16. The van der Waals surface area contributed by atoms with E-state index in [1.807, 2.05) is 43.9 Å². The Bertz CT molecular complexity index is 633. The third-order valence-corrected chi connectivity index (χ3v) is 5.27. The fraction of sp³-hybridized carbons (Fsp3) is 0.556. The summed E-state index contributed by atoms with van der Waals surface area (Å²) in [6.45, 7) is 6.87. The molecule has 130 valence electrons. The normalized spacial score (nSPS) is 19.2. The Balaban J connectivity index is 1.67. The standard InChI is InChI=1S/C18H24N2O3S/c1-18(2,3)23-17(22)19-10-8-13(9-11-19)20-14-6-4-5-7-15(14)24-12-16(20)21/h4-7,13H,8-12H2,1-3H3. The molecule has 0 aliphatic carbocycles. The molecule has 0 saturated carbocycles. The Morgan fingerprint density at radius 3 is 2.54 bits per heavy atom. The first-order valence-electron chi connectivity index (χ1n) is 8.37. The third-order valence-electron chi connectivity index (χ3n) is 4.23. The lowest BCUT2D eigenvalue weighted by molar-refractivity contribution is -0.116. The number of carbonyl (C=O) groups excluding carboxylic acids is 2. The maximum Gasteiger partial charge on any atom is 0.410 e. The number of rotatable bonds is 1. The number of ether oxygens (including phenoxy) is 1. The number of para-hydroxylation sites is 1. The predicted octanol–water partition coefficient (Wildman–Crippen LogP) is 3.52. The van der Waals surface area contributed by atoms with Crippen molar-refractivity contribution in [3.63, 3.8) is 0 Å². The van der Waals surface area contributed by atoms with Gasteiger partial charge >= 0.3 is 6.09 Å². The summed E-state index contributed by atoms with van der Waals surface area (Å²) < 4.78 is 5.44. The summed E-state index contributed by atoms with van der Waals surface area (Å²) >= 11 is 1.60. The second-order valence-electron chi connectivity index (χ2n) is 7.22. The zero-order valence-corrected chi connectivity index (χ0v) is 15.3. The van der Waals surface area contributed by atoms with Crippen LogP contribution in [0.4, 0.5) is 10.5 Å². The molecule has 1 fully saturated rings. The van der Waals surface area contributed by atoms with E-state index in [1.54, 1.807) is 16.7 Å². The molecule has 2 aliphatic rings. The maximum absolute atomic E-state index is 12.5. The van der Waals surface area contributed by atoms with Crippen molar-refractivity contribution < 1.29 is 14.3 Å². The lowest BCUT2D eigenvalue weighted by Gasteiger charge is -2.40. The highest BCUT2D eigenvalue weighted by atomic mass is 32.2. The number of amides is 2. The second kappa shape index (κ2) is 6.67. The summed E-state index contributed by atoms with van der Waals surface area (Å²) in [5.41, 5.74) is 0.530. The van der Waals surface area contributed by atoms with Gasteiger partial charge in [-0.3, -0.25) is 4.79 Å². The van der Waals surface area contributed by atoms with E-state index < -0.39 is 5.60 Å². The molecule has 0 spiro atoms. The van der Waals surface area contributed by atoms with Crippen molar-refractivity contribution in [2.45, 2.75) is 50.2 Å². The minimum atomic E-state index is -0.479. The monoisotopic (exact) mass is 348 g/mol. The van der Waals surface area contributed by atoms with Gasteiger partial charge in [0.2, 0.25) is 5.91 Å². The van der Waals surface area contributed by atoms with E-state index in [9.17, 15) is 9.59 Å². The molecule has 0 unspecified atom stereocenters. The van der Waals surface area contributed by atoms with Crippen LogP contribution in [0.2, 0.25) is 0 Å². The van der Waals surface area contributed by atoms with E-state index in [4.69, 9.17) is 4.74 Å². The number of likely N-dealkylation sites (tertiary alicyclic amines) is 1. The highest BCUT2D eigenvalue weighted by molar-refractivity contribution is 8.00. The van der Waals surface area contributed by atoms with Crippen molar-refractivity contribution in [3.05, 3.63) is 24.3 Å². The third kappa shape index (κ3) is 3.69. The average Bonchev–Trinajstić information content (AvgIpc) is 2.53. The summed E-state index contributed by atoms with van der Waals surface area (Å²) in [6, 6.07) is 8.21. The molecule has 24 heavy (non-hydrogen) atoms. The Labute approximate surface area is 147 Å². The Morgan fingerprint density at radius 2 is 1.88 bits per heavy atom. The summed E-state index contributed by atoms with van der Waals surface area (Å²) in [5.74, 6) is 0.651. The number of nitrogens with zero attached hydrogens (tertiary/aromatic N) is 2. The van der Waals surface area contributed by atoms with Gasteiger partial charge in [-0.1, -0.05) is 12.1 Å². The van der Waals surface area contributed by atoms with E-state index in [0.717, 1.165) is 23.4 Å². The topological polar surface area (TPSA) is 49.9 Å². The fourth-order valence-corrected chi connectivity index (χ4v) is 4.06. The number of hydrogen-bond acceptors (Lipinski definition) is 4. The molecular weight excluding hydrogens is 324 g/mol. The van der Waals surface area contributed by atoms with Gasteiger partial charge in [0.25, 0.3) is 0 Å². The zero-order chi connectivity index (χ0) is 17.3. The van der Waals surface area contributed by atoms with Crippen LogP contribution in [0, 0.1) is 0 Å². The van der Waals surface area contributed by atoms with Gasteiger partial charge in [0, 0.05) is 24.0 Å². The van der Waals surface area contributed by atoms with Crippen LogP contribution < -0.4 is 4.90 Å². The van der Waals surface area contributed by atoms with Crippen LogP contribution >= 0.6 is 11.8 Å². The molecule has 0 radical (unpaired) electrons. The molecule has 2 heterocycles. The minimum absolute atomic E-state index is 0.151. The summed E-state index contributed by atoms with van der Waals surface area (Å²) in [6.07, 6.45) is 1.30. The highest BCUT2D eigenvalue weighted by Crippen LogP contribution is 2.37. The van der Waals surface area contributed by atoms with Crippen LogP contribution in [0.5, 0.6) is 0 Å². The zero-order valence-electron chi connectivity index (χ0n) is 14.4. The van der Waals surface area contributed by atoms with Crippen LogP contribution in [0.25, 0.3) is 0 Å². The van der Waals surface area contributed by atoms with E-state index >= 15 is 0 Å². The molecule has 5 nitrogen and oxygen atoms in total. The largest absolute Gasteiger partial charge is 0.444 e. The first kappa shape index (κ1) is 17.1. The molecule has 6 heteroatoms. The van der Waals surface area contributed by atoms with Gasteiger partial charge in [0.05, 0.1) is 11.4 Å². The Hall–Kier alpha value is -1.69. The molecule has 1 aromatic carbocycles. The number of anilines is 1. The number of carbonyl (C=O) groups is 2. The molecule has 1 saturated heterocycles. The quantitative estimate of drug-likeness (QED) is 0.779. The van der Waals surface area contributed by atoms with E-state index in [1.165, 1.54) is 0 Å². The SMILES string of the molecule is CC(C)(C)OC(=O)N1CCC(N2C(=O)CSc3ccccc32)CC1. The lowest BCUT2D eigenvalue weighted by Crippen LogP contribution is -2.51. The first-order valence-corrected chi connectivity index (χ1v) is 9.35. The van der Waals surface area contributed by atoms with E-state index in [-0.39, 0.29) is 18.0 Å². The highest BCUT2D eigenvalue weighted by Gasteiger charge is 2.34. The molecule has 0 atom stereocenters. The molecule has 1 aromatic rings. The number of thioether (sulfide) groups is 1. The molecular formula is C18H24N2O3S. The predicted molar refractivity (Wildman–Crippen MR) is 95.5 cm³/mol. The molecule has 3 rings (SSSR count). The van der Waals surface area contributed by atoms with Crippen molar-refractivity contribution in [2.24, 2.45) is 0 Å². The van der Waals surface area contributed by atoms with Gasteiger partial charge < -0.3 is 14.5 Å². The van der Waals surface area contributed by atoms with Crippen molar-refractivity contribution in [1.82, 2.24) is 4.90 Å². The first-order chi connectivity index (χ1) is 11.3. The van der Waals surface area contributed by atoms with Crippen molar-refractivity contribution in [3.8, 4) is 0 Å². The van der Waals surface area contributed by atoms with Crippen LogP contribution in [0.3, 0.4) is 0 Å². The van der Waals surface area contributed by atoms with E-state index in [2.05, 4.69) is 6.07 Å². The Morgan fingerprint density at radius 1 is 1.21 bits per heavy atom. The van der Waals surface area contributed by atoms with Crippen molar-refractivity contribution in [1.29, 1.82) is 0 Å². The lowest BCUT2D eigenvalue weighted by atomic mass is 10.0. The number of benzene rings is 1. The average molecular weight is 348 g/mol. The maximum atomic E-state index is 12.5. The van der Waals surface area contributed by atoms with Crippen LogP contribution in [-0.4, -0.2) is 47.4 Å². The molecule has 0 N–H and O–H groups in total.